The summed E-state index contributed by atoms with van der Waals surface area (Å²) in [5.74, 6) is 0.717. The van der Waals surface area contributed by atoms with Gasteiger partial charge in [0.05, 0.1) is 6.10 Å². The van der Waals surface area contributed by atoms with Crippen molar-refractivity contribution in [2.45, 2.75) is 65.0 Å². The van der Waals surface area contributed by atoms with Crippen LogP contribution in [-0.4, -0.2) is 38.0 Å². The lowest BCUT2D eigenvalue weighted by atomic mass is 10.0. The van der Waals surface area contributed by atoms with Gasteiger partial charge in [0.2, 0.25) is 0 Å². The number of hydrogen-bond donors (Lipinski definition) is 1. The summed E-state index contributed by atoms with van der Waals surface area (Å²) in [7, 11) is 0. The highest BCUT2D eigenvalue weighted by Gasteiger charge is 2.15. The molecular weight excluding hydrogens is 226 g/mol. The van der Waals surface area contributed by atoms with Gasteiger partial charge in [-0.05, 0) is 65.8 Å². The van der Waals surface area contributed by atoms with Crippen molar-refractivity contribution >= 4 is 0 Å². The van der Waals surface area contributed by atoms with Crippen molar-refractivity contribution in [3.05, 3.63) is 0 Å². The molecule has 0 aromatic rings. The van der Waals surface area contributed by atoms with Crippen LogP contribution in [0.1, 0.15) is 53.4 Å². The normalized spacial score (nSPS) is 20.0. The van der Waals surface area contributed by atoms with Crippen molar-refractivity contribution in [2.24, 2.45) is 5.92 Å². The van der Waals surface area contributed by atoms with E-state index in [4.69, 9.17) is 9.47 Å². The molecule has 0 radical (unpaired) electrons. The molecule has 1 saturated heterocycles. The lowest BCUT2D eigenvalue weighted by Gasteiger charge is -2.24. The molecule has 0 aromatic heterocycles. The fraction of sp³-hybridized carbons (Fsp3) is 1.00. The highest BCUT2D eigenvalue weighted by atomic mass is 16.5. The van der Waals surface area contributed by atoms with Gasteiger partial charge in [-0.2, -0.15) is 0 Å². The van der Waals surface area contributed by atoms with Crippen LogP contribution in [0.2, 0.25) is 0 Å². The van der Waals surface area contributed by atoms with E-state index >= 15 is 0 Å². The standard InChI is InChI=1S/C15H31NO2/c1-13(6-5-9-16-15(2,3)4)18-12-14-7-10-17-11-8-14/h13-14,16H,5-12H2,1-4H3. The van der Waals surface area contributed by atoms with Gasteiger partial charge in [-0.3, -0.25) is 0 Å². The third-order valence-electron chi connectivity index (χ3n) is 3.40. The van der Waals surface area contributed by atoms with Crippen LogP contribution in [0.3, 0.4) is 0 Å². The molecule has 0 aromatic carbocycles. The molecule has 1 N–H and O–H groups in total. The fourth-order valence-corrected chi connectivity index (χ4v) is 2.15. The Bertz CT molecular complexity index is 207. The molecule has 108 valence electrons. The minimum atomic E-state index is 0.228. The van der Waals surface area contributed by atoms with E-state index in [-0.39, 0.29) is 5.54 Å². The van der Waals surface area contributed by atoms with Crippen molar-refractivity contribution in [2.75, 3.05) is 26.4 Å². The smallest absolute Gasteiger partial charge is 0.0547 e. The molecule has 3 nitrogen and oxygen atoms in total. The van der Waals surface area contributed by atoms with E-state index in [1.807, 2.05) is 0 Å². The number of hydrogen-bond acceptors (Lipinski definition) is 3. The van der Waals surface area contributed by atoms with Crippen LogP contribution in [0.5, 0.6) is 0 Å². The first-order valence-electron chi connectivity index (χ1n) is 7.42. The van der Waals surface area contributed by atoms with Crippen molar-refractivity contribution < 1.29 is 9.47 Å². The highest BCUT2D eigenvalue weighted by molar-refractivity contribution is 4.70. The van der Waals surface area contributed by atoms with E-state index in [9.17, 15) is 0 Å². The monoisotopic (exact) mass is 257 g/mol. The molecule has 1 aliphatic rings. The van der Waals surface area contributed by atoms with Gasteiger partial charge in [0.25, 0.3) is 0 Å². The molecule has 3 heteroatoms. The van der Waals surface area contributed by atoms with Crippen LogP contribution in [0.15, 0.2) is 0 Å². The Morgan fingerprint density at radius 3 is 2.56 bits per heavy atom. The van der Waals surface area contributed by atoms with E-state index < -0.39 is 0 Å². The fourth-order valence-electron chi connectivity index (χ4n) is 2.15. The molecule has 1 fully saturated rings. The first-order chi connectivity index (χ1) is 8.47. The van der Waals surface area contributed by atoms with E-state index in [0.717, 1.165) is 45.6 Å². The summed E-state index contributed by atoms with van der Waals surface area (Å²) in [6.45, 7) is 12.6. The third kappa shape index (κ3) is 8.06. The van der Waals surface area contributed by atoms with Crippen LogP contribution < -0.4 is 5.32 Å². The zero-order valence-electron chi connectivity index (χ0n) is 12.6. The molecule has 0 bridgehead atoms. The summed E-state index contributed by atoms with van der Waals surface area (Å²) in [4.78, 5) is 0. The topological polar surface area (TPSA) is 30.5 Å². The Balaban J connectivity index is 1.98. The lowest BCUT2D eigenvalue weighted by Crippen LogP contribution is -2.36. The molecule has 18 heavy (non-hydrogen) atoms. The molecular formula is C15H31NO2. The van der Waals surface area contributed by atoms with Gasteiger partial charge in [-0.1, -0.05) is 0 Å². The predicted octanol–water partition coefficient (Wildman–Crippen LogP) is 2.99. The maximum Gasteiger partial charge on any atom is 0.0547 e. The maximum absolute atomic E-state index is 5.93. The Labute approximate surface area is 113 Å². The minimum Gasteiger partial charge on any atom is -0.381 e. The average molecular weight is 257 g/mol. The molecule has 1 aliphatic heterocycles. The minimum absolute atomic E-state index is 0.228. The van der Waals surface area contributed by atoms with Crippen LogP contribution in [0.25, 0.3) is 0 Å². The molecule has 0 spiro atoms. The molecule has 0 amide bonds. The lowest BCUT2D eigenvalue weighted by molar-refractivity contribution is -0.00772. The number of rotatable bonds is 7. The van der Waals surface area contributed by atoms with Gasteiger partial charge in [-0.25, -0.2) is 0 Å². The Morgan fingerprint density at radius 2 is 1.94 bits per heavy atom. The SMILES string of the molecule is CC(CCCNC(C)(C)C)OCC1CCOCC1. The number of ether oxygens (including phenoxy) is 2. The zero-order valence-corrected chi connectivity index (χ0v) is 12.6. The van der Waals surface area contributed by atoms with Crippen molar-refractivity contribution in [3.8, 4) is 0 Å². The van der Waals surface area contributed by atoms with E-state index in [1.54, 1.807) is 0 Å². The van der Waals surface area contributed by atoms with Gasteiger partial charge in [0, 0.05) is 25.4 Å². The van der Waals surface area contributed by atoms with Crippen molar-refractivity contribution in [1.29, 1.82) is 0 Å². The molecule has 0 aliphatic carbocycles. The molecule has 0 saturated carbocycles. The summed E-state index contributed by atoms with van der Waals surface area (Å²) >= 11 is 0. The van der Waals surface area contributed by atoms with E-state index in [0.29, 0.717) is 12.0 Å². The van der Waals surface area contributed by atoms with Crippen molar-refractivity contribution in [3.63, 3.8) is 0 Å². The maximum atomic E-state index is 5.93. The van der Waals surface area contributed by atoms with Gasteiger partial charge in [-0.15, -0.1) is 0 Å². The van der Waals surface area contributed by atoms with Gasteiger partial charge < -0.3 is 14.8 Å². The third-order valence-corrected chi connectivity index (χ3v) is 3.40. The highest BCUT2D eigenvalue weighted by Crippen LogP contribution is 2.16. The predicted molar refractivity (Wildman–Crippen MR) is 75.9 cm³/mol. The molecule has 1 atom stereocenters. The first-order valence-corrected chi connectivity index (χ1v) is 7.42. The molecule has 1 heterocycles. The quantitative estimate of drug-likeness (QED) is 0.711. The van der Waals surface area contributed by atoms with Gasteiger partial charge in [0.1, 0.15) is 0 Å². The second kappa shape index (κ2) is 8.13. The summed E-state index contributed by atoms with van der Waals surface area (Å²) in [6.07, 6.45) is 5.05. The second-order valence-corrected chi connectivity index (χ2v) is 6.52. The largest absolute Gasteiger partial charge is 0.381 e. The van der Waals surface area contributed by atoms with Gasteiger partial charge >= 0.3 is 0 Å². The van der Waals surface area contributed by atoms with Crippen LogP contribution in [0.4, 0.5) is 0 Å². The summed E-state index contributed by atoms with van der Waals surface area (Å²) in [6, 6.07) is 0. The Kier molecular flexibility index (Phi) is 7.20. The average Bonchev–Trinajstić information content (AvgIpc) is 2.32. The summed E-state index contributed by atoms with van der Waals surface area (Å²) in [5.41, 5.74) is 0.228. The summed E-state index contributed by atoms with van der Waals surface area (Å²) < 4.78 is 11.3. The molecule has 1 rings (SSSR count). The van der Waals surface area contributed by atoms with Gasteiger partial charge in [0.15, 0.2) is 0 Å². The Hall–Kier alpha value is -0.120. The summed E-state index contributed by atoms with van der Waals surface area (Å²) in [5, 5.41) is 3.51. The van der Waals surface area contributed by atoms with Crippen LogP contribution in [-0.2, 0) is 9.47 Å². The van der Waals surface area contributed by atoms with E-state index in [2.05, 4.69) is 33.0 Å². The first kappa shape index (κ1) is 15.9. The number of nitrogens with one attached hydrogen (secondary N) is 1. The van der Waals surface area contributed by atoms with Crippen LogP contribution in [0, 0.1) is 5.92 Å². The zero-order chi connectivity index (χ0) is 13.4. The van der Waals surface area contributed by atoms with Crippen LogP contribution >= 0.6 is 0 Å². The van der Waals surface area contributed by atoms with E-state index in [1.165, 1.54) is 6.42 Å². The second-order valence-electron chi connectivity index (χ2n) is 6.52. The Morgan fingerprint density at radius 1 is 1.28 bits per heavy atom. The molecule has 1 unspecified atom stereocenters. The van der Waals surface area contributed by atoms with Crippen molar-refractivity contribution in [1.82, 2.24) is 5.32 Å².